The third kappa shape index (κ3) is 6.29. The molecule has 1 rings (SSSR count). The average Bonchev–Trinajstić information content (AvgIpc) is 2.37. The van der Waals surface area contributed by atoms with Gasteiger partial charge in [0.25, 0.3) is 0 Å². The van der Waals surface area contributed by atoms with Crippen LogP contribution in [-0.4, -0.2) is 49.8 Å². The van der Waals surface area contributed by atoms with Crippen molar-refractivity contribution in [1.82, 2.24) is 10.6 Å². The molecule has 1 atom stereocenters. The number of carbonyl (C=O) groups is 1. The van der Waals surface area contributed by atoms with E-state index < -0.39 is 0 Å². The Balaban J connectivity index is 2.14. The van der Waals surface area contributed by atoms with E-state index in [-0.39, 0.29) is 11.9 Å². The number of thioether (sulfide) groups is 1. The van der Waals surface area contributed by atoms with Gasteiger partial charge in [0.1, 0.15) is 0 Å². The highest BCUT2D eigenvalue weighted by atomic mass is 32.2. The summed E-state index contributed by atoms with van der Waals surface area (Å²) in [5, 5.41) is 6.98. The van der Waals surface area contributed by atoms with Crippen LogP contribution >= 0.6 is 11.8 Å². The Labute approximate surface area is 108 Å². The summed E-state index contributed by atoms with van der Waals surface area (Å²) in [5.41, 5.74) is 0. The number of piperidine rings is 1. The fourth-order valence-electron chi connectivity index (χ4n) is 1.89. The molecule has 1 saturated heterocycles. The number of ether oxygens (including phenoxy) is 1. The largest absolute Gasteiger partial charge is 0.383 e. The van der Waals surface area contributed by atoms with Crippen LogP contribution in [0.2, 0.25) is 0 Å². The molecule has 0 saturated carbocycles. The molecule has 0 spiro atoms. The first kappa shape index (κ1) is 14.8. The minimum Gasteiger partial charge on any atom is -0.383 e. The summed E-state index contributed by atoms with van der Waals surface area (Å²) >= 11 is 1.78. The summed E-state index contributed by atoms with van der Waals surface area (Å²) in [6.07, 6.45) is 3.26. The lowest BCUT2D eigenvalue weighted by Crippen LogP contribution is -2.39. The third-order valence-corrected chi connectivity index (χ3v) is 4.33. The van der Waals surface area contributed by atoms with Crippen LogP contribution in [0.4, 0.5) is 0 Å². The third-order valence-electron chi connectivity index (χ3n) is 2.96. The molecule has 100 valence electrons. The van der Waals surface area contributed by atoms with Crippen molar-refractivity contribution in [3.8, 4) is 0 Å². The smallest absolute Gasteiger partial charge is 0.230 e. The van der Waals surface area contributed by atoms with E-state index in [0.29, 0.717) is 17.6 Å². The minimum absolute atomic E-state index is 0.137. The predicted octanol–water partition coefficient (Wildman–Crippen LogP) is 1.01. The molecule has 1 aliphatic rings. The summed E-state index contributed by atoms with van der Waals surface area (Å²) in [6.45, 7) is 4.82. The van der Waals surface area contributed by atoms with Crippen LogP contribution in [0.3, 0.4) is 0 Å². The fraction of sp³-hybridized carbons (Fsp3) is 0.917. The van der Waals surface area contributed by atoms with Gasteiger partial charge in [-0.2, -0.15) is 0 Å². The van der Waals surface area contributed by atoms with E-state index in [2.05, 4.69) is 17.6 Å². The summed E-state index contributed by atoms with van der Waals surface area (Å²) in [6, 6.07) is 0.154. The first-order valence-corrected chi connectivity index (χ1v) is 7.41. The predicted molar refractivity (Wildman–Crippen MR) is 72.4 cm³/mol. The van der Waals surface area contributed by atoms with E-state index in [4.69, 9.17) is 4.74 Å². The van der Waals surface area contributed by atoms with E-state index in [9.17, 15) is 4.79 Å². The molecule has 4 nitrogen and oxygen atoms in total. The molecule has 0 radical (unpaired) electrons. The van der Waals surface area contributed by atoms with E-state index in [1.54, 1.807) is 18.9 Å². The van der Waals surface area contributed by atoms with Gasteiger partial charge in [0.05, 0.1) is 18.4 Å². The van der Waals surface area contributed by atoms with E-state index in [1.807, 2.05) is 0 Å². The molecule has 1 unspecified atom stereocenters. The lowest BCUT2D eigenvalue weighted by atomic mass is 10.2. The van der Waals surface area contributed by atoms with Gasteiger partial charge in [-0.3, -0.25) is 4.79 Å². The Morgan fingerprint density at radius 2 is 2.24 bits per heavy atom. The molecule has 0 aliphatic carbocycles. The van der Waals surface area contributed by atoms with Crippen molar-refractivity contribution in [1.29, 1.82) is 0 Å². The van der Waals surface area contributed by atoms with Crippen molar-refractivity contribution in [2.45, 2.75) is 37.5 Å². The van der Waals surface area contributed by atoms with E-state index in [1.165, 1.54) is 12.8 Å². The highest BCUT2D eigenvalue weighted by Gasteiger charge is 2.16. The Morgan fingerprint density at radius 1 is 1.53 bits per heavy atom. The van der Waals surface area contributed by atoms with Crippen molar-refractivity contribution in [3.63, 3.8) is 0 Å². The van der Waals surface area contributed by atoms with Gasteiger partial charge >= 0.3 is 0 Å². The number of hydrogen-bond acceptors (Lipinski definition) is 4. The van der Waals surface area contributed by atoms with Crippen LogP contribution in [0.1, 0.15) is 26.2 Å². The quantitative estimate of drug-likeness (QED) is 0.717. The van der Waals surface area contributed by atoms with Crippen LogP contribution < -0.4 is 10.6 Å². The monoisotopic (exact) mass is 260 g/mol. The molecule has 0 aromatic carbocycles. The highest BCUT2D eigenvalue weighted by molar-refractivity contribution is 8.00. The maximum absolute atomic E-state index is 11.7. The topological polar surface area (TPSA) is 50.4 Å². The Bertz CT molecular complexity index is 221. The van der Waals surface area contributed by atoms with Crippen LogP contribution in [0.15, 0.2) is 0 Å². The van der Waals surface area contributed by atoms with E-state index in [0.717, 1.165) is 19.5 Å². The number of methoxy groups -OCH3 is 1. The molecule has 1 fully saturated rings. The molecule has 1 aliphatic heterocycles. The van der Waals surface area contributed by atoms with Crippen LogP contribution in [-0.2, 0) is 9.53 Å². The fourth-order valence-corrected chi connectivity index (χ4v) is 2.93. The zero-order chi connectivity index (χ0) is 12.5. The maximum Gasteiger partial charge on any atom is 0.230 e. The highest BCUT2D eigenvalue weighted by Crippen LogP contribution is 2.19. The number of amides is 1. The van der Waals surface area contributed by atoms with Gasteiger partial charge in [-0.25, -0.2) is 0 Å². The average molecular weight is 260 g/mol. The summed E-state index contributed by atoms with van der Waals surface area (Å²) < 4.78 is 5.06. The molecule has 17 heavy (non-hydrogen) atoms. The SMILES string of the molecule is CCC(COC)NC(=O)CSC1CCNCC1. The lowest BCUT2D eigenvalue weighted by molar-refractivity contribution is -0.119. The van der Waals surface area contributed by atoms with Crippen LogP contribution in [0, 0.1) is 0 Å². The molecular weight excluding hydrogens is 236 g/mol. The Morgan fingerprint density at radius 3 is 2.82 bits per heavy atom. The first-order valence-electron chi connectivity index (χ1n) is 6.36. The van der Waals surface area contributed by atoms with Gasteiger partial charge < -0.3 is 15.4 Å². The maximum atomic E-state index is 11.7. The number of carbonyl (C=O) groups excluding carboxylic acids is 1. The molecule has 0 aromatic heterocycles. The number of rotatable bonds is 7. The minimum atomic E-state index is 0.137. The van der Waals surface area contributed by atoms with Crippen molar-refractivity contribution < 1.29 is 9.53 Å². The molecule has 1 amide bonds. The van der Waals surface area contributed by atoms with Crippen molar-refractivity contribution in [2.75, 3.05) is 32.6 Å². The second-order valence-electron chi connectivity index (χ2n) is 4.39. The molecule has 2 N–H and O–H groups in total. The lowest BCUT2D eigenvalue weighted by Gasteiger charge is -2.22. The molecule has 0 aromatic rings. The van der Waals surface area contributed by atoms with Crippen molar-refractivity contribution in [2.24, 2.45) is 0 Å². The normalized spacial score (nSPS) is 18.9. The van der Waals surface area contributed by atoms with Gasteiger partial charge in [-0.15, -0.1) is 11.8 Å². The van der Waals surface area contributed by atoms with Gasteiger partial charge in [-0.1, -0.05) is 6.92 Å². The second-order valence-corrected chi connectivity index (χ2v) is 5.68. The van der Waals surface area contributed by atoms with Crippen LogP contribution in [0.25, 0.3) is 0 Å². The zero-order valence-corrected chi connectivity index (χ0v) is 11.6. The Kier molecular flexibility index (Phi) is 7.64. The number of hydrogen-bond donors (Lipinski definition) is 2. The second kappa shape index (κ2) is 8.78. The Hall–Kier alpha value is -0.260. The van der Waals surface area contributed by atoms with Gasteiger partial charge in [-0.05, 0) is 32.4 Å². The number of nitrogens with one attached hydrogen (secondary N) is 2. The van der Waals surface area contributed by atoms with Crippen LogP contribution in [0.5, 0.6) is 0 Å². The first-order chi connectivity index (χ1) is 8.26. The standard InChI is InChI=1S/C12H24N2O2S/c1-3-10(8-16-2)14-12(15)9-17-11-4-6-13-7-5-11/h10-11,13H,3-9H2,1-2H3,(H,14,15). The van der Waals surface area contributed by atoms with Crippen molar-refractivity contribution >= 4 is 17.7 Å². The van der Waals surface area contributed by atoms with E-state index >= 15 is 0 Å². The zero-order valence-electron chi connectivity index (χ0n) is 10.8. The van der Waals surface area contributed by atoms with Crippen molar-refractivity contribution in [3.05, 3.63) is 0 Å². The molecule has 1 heterocycles. The van der Waals surface area contributed by atoms with Gasteiger partial charge in [0.2, 0.25) is 5.91 Å². The van der Waals surface area contributed by atoms with Gasteiger partial charge in [0.15, 0.2) is 0 Å². The van der Waals surface area contributed by atoms with Gasteiger partial charge in [0, 0.05) is 12.4 Å². The summed E-state index contributed by atoms with van der Waals surface area (Å²) in [7, 11) is 1.67. The molecular formula is C12H24N2O2S. The molecule has 0 bridgehead atoms. The summed E-state index contributed by atoms with van der Waals surface area (Å²) in [5.74, 6) is 0.711. The molecule has 5 heteroatoms. The summed E-state index contributed by atoms with van der Waals surface area (Å²) in [4.78, 5) is 11.7.